The molecule has 2 aromatic carbocycles. The summed E-state index contributed by atoms with van der Waals surface area (Å²) in [6, 6.07) is 15.7. The standard InChI is InChI=1S/C21H16N2O4S2/c24-18(22-16-11-5-4-10-15(16)20(26)27)13-23-19(25)17(29-21(23)28)12-6-9-14-7-2-1-3-8-14/h1-12H,13H2,(H,22,24)(H,26,27)/b9-6+,17-12-. The van der Waals surface area contributed by atoms with E-state index in [0.717, 1.165) is 17.3 Å². The summed E-state index contributed by atoms with van der Waals surface area (Å²) < 4.78 is 0.274. The van der Waals surface area contributed by atoms with Crippen LogP contribution in [0.1, 0.15) is 15.9 Å². The number of aromatic carboxylic acids is 1. The summed E-state index contributed by atoms with van der Waals surface area (Å²) in [5.74, 6) is -2.05. The van der Waals surface area contributed by atoms with Crippen molar-refractivity contribution in [2.24, 2.45) is 0 Å². The van der Waals surface area contributed by atoms with E-state index >= 15 is 0 Å². The minimum Gasteiger partial charge on any atom is -0.478 e. The maximum atomic E-state index is 12.6. The highest BCUT2D eigenvalue weighted by atomic mass is 32.2. The van der Waals surface area contributed by atoms with Crippen LogP contribution in [0.25, 0.3) is 6.08 Å². The van der Waals surface area contributed by atoms with Crippen LogP contribution in [0.5, 0.6) is 0 Å². The number of para-hydroxylation sites is 1. The highest BCUT2D eigenvalue weighted by Crippen LogP contribution is 2.31. The molecule has 0 unspecified atom stereocenters. The molecule has 0 radical (unpaired) electrons. The predicted octanol–water partition coefficient (Wildman–Crippen LogP) is 3.78. The van der Waals surface area contributed by atoms with E-state index in [9.17, 15) is 19.5 Å². The fourth-order valence-electron chi connectivity index (χ4n) is 2.57. The molecule has 1 saturated heterocycles. The molecular formula is C21H16N2O4S2. The summed E-state index contributed by atoms with van der Waals surface area (Å²) in [7, 11) is 0. The van der Waals surface area contributed by atoms with Gasteiger partial charge >= 0.3 is 5.97 Å². The van der Waals surface area contributed by atoms with Crippen LogP contribution in [0.2, 0.25) is 0 Å². The highest BCUT2D eigenvalue weighted by molar-refractivity contribution is 8.26. The van der Waals surface area contributed by atoms with Gasteiger partial charge in [-0.15, -0.1) is 0 Å². The van der Waals surface area contributed by atoms with Crippen molar-refractivity contribution in [3.63, 3.8) is 0 Å². The van der Waals surface area contributed by atoms with Crippen molar-refractivity contribution in [1.82, 2.24) is 4.90 Å². The van der Waals surface area contributed by atoms with Crippen molar-refractivity contribution < 1.29 is 19.5 Å². The zero-order chi connectivity index (χ0) is 20.8. The molecule has 3 rings (SSSR count). The van der Waals surface area contributed by atoms with Crippen LogP contribution in [-0.4, -0.2) is 38.7 Å². The molecule has 0 atom stereocenters. The smallest absolute Gasteiger partial charge is 0.337 e. The number of amides is 2. The monoisotopic (exact) mass is 424 g/mol. The number of anilines is 1. The molecule has 1 aliphatic rings. The number of rotatable bonds is 6. The second-order valence-corrected chi connectivity index (χ2v) is 7.63. The topological polar surface area (TPSA) is 86.7 Å². The third kappa shape index (κ3) is 5.18. The lowest BCUT2D eigenvalue weighted by atomic mass is 10.2. The lowest BCUT2D eigenvalue weighted by Crippen LogP contribution is -2.36. The number of carboxylic acid groups (broad SMARTS) is 1. The Labute approximate surface area is 176 Å². The molecule has 146 valence electrons. The van der Waals surface area contributed by atoms with Gasteiger partial charge in [0.1, 0.15) is 10.9 Å². The first-order chi connectivity index (χ1) is 14.0. The molecule has 8 heteroatoms. The summed E-state index contributed by atoms with van der Waals surface area (Å²) in [4.78, 5) is 37.8. The molecule has 2 amide bonds. The Bertz CT molecular complexity index is 1030. The molecular weight excluding hydrogens is 408 g/mol. The number of nitrogens with zero attached hydrogens (tertiary/aromatic N) is 1. The molecule has 0 saturated carbocycles. The molecule has 0 aromatic heterocycles. The fourth-order valence-corrected chi connectivity index (χ4v) is 3.78. The molecule has 0 spiro atoms. The first-order valence-corrected chi connectivity index (χ1v) is 9.77. The number of hydrogen-bond acceptors (Lipinski definition) is 5. The number of carbonyl (C=O) groups is 3. The van der Waals surface area contributed by atoms with Gasteiger partial charge in [0.25, 0.3) is 5.91 Å². The van der Waals surface area contributed by atoms with E-state index in [1.807, 2.05) is 36.4 Å². The van der Waals surface area contributed by atoms with Crippen molar-refractivity contribution in [3.05, 3.63) is 82.8 Å². The Hall–Kier alpha value is -3.23. The molecule has 29 heavy (non-hydrogen) atoms. The number of hydrogen-bond donors (Lipinski definition) is 2. The molecule has 2 N–H and O–H groups in total. The molecule has 6 nitrogen and oxygen atoms in total. The zero-order valence-corrected chi connectivity index (χ0v) is 16.7. The van der Waals surface area contributed by atoms with E-state index in [4.69, 9.17) is 12.2 Å². The van der Waals surface area contributed by atoms with Gasteiger partial charge in [0.05, 0.1) is 16.2 Å². The predicted molar refractivity (Wildman–Crippen MR) is 117 cm³/mol. The van der Waals surface area contributed by atoms with Gasteiger partial charge in [0.15, 0.2) is 0 Å². The van der Waals surface area contributed by atoms with Gasteiger partial charge < -0.3 is 10.4 Å². The van der Waals surface area contributed by atoms with E-state index in [2.05, 4.69) is 5.32 Å². The maximum Gasteiger partial charge on any atom is 0.337 e. The van der Waals surface area contributed by atoms with Crippen molar-refractivity contribution >= 4 is 57.8 Å². The molecule has 0 aliphatic carbocycles. The summed E-state index contributed by atoms with van der Waals surface area (Å²) in [5, 5.41) is 11.7. The third-order valence-electron chi connectivity index (χ3n) is 3.94. The minimum atomic E-state index is -1.15. The van der Waals surface area contributed by atoms with Gasteiger partial charge in [-0.05, 0) is 23.8 Å². The Morgan fingerprint density at radius 1 is 1.10 bits per heavy atom. The molecule has 2 aromatic rings. The largest absolute Gasteiger partial charge is 0.478 e. The quantitative estimate of drug-likeness (QED) is 0.542. The van der Waals surface area contributed by atoms with Crippen LogP contribution in [-0.2, 0) is 9.59 Å². The van der Waals surface area contributed by atoms with Crippen LogP contribution in [0, 0.1) is 0 Å². The minimum absolute atomic E-state index is 0.0304. The van der Waals surface area contributed by atoms with E-state index < -0.39 is 11.9 Å². The van der Waals surface area contributed by atoms with Crippen LogP contribution in [0.4, 0.5) is 5.69 Å². The van der Waals surface area contributed by atoms with Gasteiger partial charge in [-0.25, -0.2) is 4.79 Å². The average molecular weight is 425 g/mol. The van der Waals surface area contributed by atoms with Gasteiger partial charge in [-0.1, -0.05) is 78.6 Å². The SMILES string of the molecule is O=C(CN1C(=O)/C(=C/C=C/c2ccccc2)SC1=S)Nc1ccccc1C(=O)O. The number of allylic oxidation sites excluding steroid dienone is 2. The Morgan fingerprint density at radius 2 is 1.79 bits per heavy atom. The van der Waals surface area contributed by atoms with Gasteiger partial charge in [0.2, 0.25) is 5.91 Å². The summed E-state index contributed by atoms with van der Waals surface area (Å²) in [5.41, 5.74) is 1.13. The summed E-state index contributed by atoms with van der Waals surface area (Å²) in [6.07, 6.45) is 5.27. The van der Waals surface area contributed by atoms with Crippen molar-refractivity contribution in [2.45, 2.75) is 0 Å². The number of thioether (sulfide) groups is 1. The number of benzene rings is 2. The van der Waals surface area contributed by atoms with Crippen molar-refractivity contribution in [2.75, 3.05) is 11.9 Å². The maximum absolute atomic E-state index is 12.6. The molecule has 1 fully saturated rings. The molecule has 1 heterocycles. The van der Waals surface area contributed by atoms with E-state index in [-0.39, 0.29) is 28.0 Å². The third-order valence-corrected chi connectivity index (χ3v) is 5.34. The second kappa shape index (κ2) is 9.31. The number of thiocarbonyl (C=S) groups is 1. The van der Waals surface area contributed by atoms with E-state index in [1.54, 1.807) is 24.3 Å². The fraction of sp³-hybridized carbons (Fsp3) is 0.0476. The lowest BCUT2D eigenvalue weighted by molar-refractivity contribution is -0.126. The van der Waals surface area contributed by atoms with Gasteiger partial charge in [-0.3, -0.25) is 14.5 Å². The number of carboxylic acids is 1. The van der Waals surface area contributed by atoms with Crippen LogP contribution in [0.3, 0.4) is 0 Å². The lowest BCUT2D eigenvalue weighted by Gasteiger charge is -2.15. The second-order valence-electron chi connectivity index (χ2n) is 5.96. The Morgan fingerprint density at radius 3 is 2.52 bits per heavy atom. The molecule has 1 aliphatic heterocycles. The van der Waals surface area contributed by atoms with Gasteiger partial charge in [0, 0.05) is 0 Å². The summed E-state index contributed by atoms with van der Waals surface area (Å²) >= 11 is 6.33. The van der Waals surface area contributed by atoms with E-state index in [1.165, 1.54) is 17.0 Å². The van der Waals surface area contributed by atoms with Gasteiger partial charge in [-0.2, -0.15) is 0 Å². The normalized spacial score (nSPS) is 15.3. The van der Waals surface area contributed by atoms with Crippen molar-refractivity contribution in [3.8, 4) is 0 Å². The van der Waals surface area contributed by atoms with E-state index in [0.29, 0.717) is 4.91 Å². The summed E-state index contributed by atoms with van der Waals surface area (Å²) in [6.45, 7) is -0.293. The van der Waals surface area contributed by atoms with Crippen LogP contribution < -0.4 is 5.32 Å². The van der Waals surface area contributed by atoms with Crippen LogP contribution >= 0.6 is 24.0 Å². The molecule has 0 bridgehead atoms. The first kappa shape index (κ1) is 20.5. The Balaban J connectivity index is 1.66. The van der Waals surface area contributed by atoms with Crippen LogP contribution in [0.15, 0.2) is 71.7 Å². The first-order valence-electron chi connectivity index (χ1n) is 8.55. The zero-order valence-electron chi connectivity index (χ0n) is 15.1. The number of carbonyl (C=O) groups excluding carboxylic acids is 2. The van der Waals surface area contributed by atoms with Crippen molar-refractivity contribution in [1.29, 1.82) is 0 Å². The highest BCUT2D eigenvalue weighted by Gasteiger charge is 2.33. The number of nitrogens with one attached hydrogen (secondary N) is 1. The Kier molecular flexibility index (Phi) is 6.58. The average Bonchev–Trinajstić information content (AvgIpc) is 2.96.